The summed E-state index contributed by atoms with van der Waals surface area (Å²) in [5.41, 5.74) is 2.57. The third-order valence-corrected chi connectivity index (χ3v) is 15.8. The van der Waals surface area contributed by atoms with Crippen LogP contribution in [0.4, 0.5) is 24.7 Å². The number of anilines is 2. The van der Waals surface area contributed by atoms with E-state index in [0.717, 1.165) is 40.1 Å². The number of ether oxygens (including phenoxy) is 2. The van der Waals surface area contributed by atoms with Crippen molar-refractivity contribution in [1.29, 1.82) is 4.78 Å². The molecule has 1 saturated carbocycles. The Bertz CT molecular complexity index is 2500. The van der Waals surface area contributed by atoms with Gasteiger partial charge in [0.1, 0.15) is 34.5 Å². The number of nitrogens with zero attached hydrogens (tertiary/aromatic N) is 5. The molecular formula is C46H55F3N8O3S. The molecule has 0 amide bonds. The van der Waals surface area contributed by atoms with E-state index in [1.165, 1.54) is 26.0 Å². The number of H-pyrrole nitrogens is 1. The molecule has 11 nitrogen and oxygen atoms in total. The van der Waals surface area contributed by atoms with Gasteiger partial charge in [-0.05, 0) is 90.0 Å². The molecule has 0 bridgehead atoms. The number of hydrogen-bond donors (Lipinski definition) is 3. The number of unbranched alkanes of at least 4 members (excludes halogenated alkanes) is 2. The van der Waals surface area contributed by atoms with Crippen molar-refractivity contribution in [3.63, 3.8) is 0 Å². The molecule has 6 heterocycles. The Balaban J connectivity index is 0.869. The van der Waals surface area contributed by atoms with E-state index >= 15 is 13.2 Å². The quantitative estimate of drug-likeness (QED) is 0.0936. The van der Waals surface area contributed by atoms with E-state index in [1.807, 2.05) is 54.4 Å². The second-order valence-corrected chi connectivity index (χ2v) is 20.6. The van der Waals surface area contributed by atoms with Crippen LogP contribution in [0.25, 0.3) is 22.4 Å². The van der Waals surface area contributed by atoms with E-state index in [-0.39, 0.29) is 54.3 Å². The molecule has 3 fully saturated rings. The van der Waals surface area contributed by atoms with Gasteiger partial charge in [0.2, 0.25) is 0 Å². The highest BCUT2D eigenvalue weighted by atomic mass is 32.2. The zero-order valence-electron chi connectivity index (χ0n) is 35.2. The van der Waals surface area contributed by atoms with Gasteiger partial charge in [0, 0.05) is 83.6 Å². The zero-order valence-corrected chi connectivity index (χ0v) is 36.0. The summed E-state index contributed by atoms with van der Waals surface area (Å²) < 4.78 is 82.0. The van der Waals surface area contributed by atoms with Crippen molar-refractivity contribution >= 4 is 32.3 Å². The van der Waals surface area contributed by atoms with Crippen LogP contribution in [0, 0.1) is 16.4 Å². The van der Waals surface area contributed by atoms with Crippen LogP contribution >= 0.6 is 0 Å². The highest BCUT2D eigenvalue weighted by molar-refractivity contribution is 7.93. The summed E-state index contributed by atoms with van der Waals surface area (Å²) in [6, 6.07) is 15.1. The Kier molecular flexibility index (Phi) is 11.0. The van der Waals surface area contributed by atoms with Gasteiger partial charge < -0.3 is 24.7 Å². The van der Waals surface area contributed by atoms with Gasteiger partial charge >= 0.3 is 0 Å². The monoisotopic (exact) mass is 856 g/mol. The maximum Gasteiger partial charge on any atom is 0.162 e. The molecule has 9 rings (SSSR count). The van der Waals surface area contributed by atoms with Crippen molar-refractivity contribution in [1.82, 2.24) is 24.8 Å². The molecule has 0 spiro atoms. The molecule has 61 heavy (non-hydrogen) atoms. The van der Waals surface area contributed by atoms with Gasteiger partial charge in [-0.15, -0.1) is 0 Å². The lowest BCUT2D eigenvalue weighted by atomic mass is 9.77. The molecule has 2 aromatic carbocycles. The summed E-state index contributed by atoms with van der Waals surface area (Å²) in [5, 5.41) is 4.41. The fraction of sp³-hybridized carbons (Fsp3) is 0.500. The number of fused-ring (bicyclic) bond motifs is 4. The lowest BCUT2D eigenvalue weighted by Gasteiger charge is -2.48. The number of morpholine rings is 1. The molecule has 2 saturated heterocycles. The molecule has 324 valence electrons. The average Bonchev–Trinajstić information content (AvgIpc) is 3.78. The number of likely N-dealkylation sites (tertiary alicyclic amines) is 1. The summed E-state index contributed by atoms with van der Waals surface area (Å²) in [4.78, 5) is 21.7. The summed E-state index contributed by atoms with van der Waals surface area (Å²) in [6.45, 7) is 9.11. The Morgan fingerprint density at radius 1 is 1.03 bits per heavy atom. The molecule has 6 atom stereocenters. The van der Waals surface area contributed by atoms with Crippen molar-refractivity contribution in [3.05, 3.63) is 95.4 Å². The van der Waals surface area contributed by atoms with Crippen molar-refractivity contribution in [3.8, 4) is 17.1 Å². The Morgan fingerprint density at radius 3 is 2.57 bits per heavy atom. The summed E-state index contributed by atoms with van der Waals surface area (Å²) in [6.07, 6.45) is 7.17. The normalized spacial score (nSPS) is 24.5. The molecule has 3 aliphatic heterocycles. The number of benzene rings is 2. The fourth-order valence-electron chi connectivity index (χ4n) is 9.94. The van der Waals surface area contributed by atoms with Crippen molar-refractivity contribution in [2.45, 2.75) is 107 Å². The van der Waals surface area contributed by atoms with Crippen LogP contribution in [-0.4, -0.2) is 91.5 Å². The number of aromatic nitrogens is 4. The van der Waals surface area contributed by atoms with Crippen LogP contribution in [0.5, 0.6) is 5.75 Å². The van der Waals surface area contributed by atoms with Crippen LogP contribution in [0.15, 0.2) is 67.0 Å². The second-order valence-electron chi connectivity index (χ2n) is 18.0. The Hall–Kier alpha value is -4.73. The third-order valence-electron chi connectivity index (χ3n) is 13.1. The molecular weight excluding hydrogens is 802 g/mol. The van der Waals surface area contributed by atoms with Crippen LogP contribution in [0.1, 0.15) is 95.0 Å². The zero-order chi connectivity index (χ0) is 42.7. The smallest absolute Gasteiger partial charge is 0.162 e. The maximum atomic E-state index is 16.2. The lowest BCUT2D eigenvalue weighted by molar-refractivity contribution is 0.0194. The first-order chi connectivity index (χ1) is 29.2. The second kappa shape index (κ2) is 16.2. The number of rotatable bonds is 14. The molecule has 3 N–H and O–H groups in total. The van der Waals surface area contributed by atoms with Gasteiger partial charge in [0.05, 0.1) is 58.1 Å². The number of piperidine rings is 1. The number of aromatic amines is 1. The predicted molar refractivity (Wildman–Crippen MR) is 232 cm³/mol. The topological polar surface area (TPSA) is 132 Å². The number of alkyl halides is 1. The van der Waals surface area contributed by atoms with Crippen LogP contribution < -0.4 is 15.0 Å². The van der Waals surface area contributed by atoms with Gasteiger partial charge in [0.15, 0.2) is 5.82 Å². The summed E-state index contributed by atoms with van der Waals surface area (Å²) in [5.74, 6) is 0.0874. The molecule has 3 aromatic heterocycles. The van der Waals surface area contributed by atoms with Gasteiger partial charge in [-0.3, -0.25) is 9.68 Å². The van der Waals surface area contributed by atoms with E-state index in [2.05, 4.69) is 33.2 Å². The first-order valence-electron chi connectivity index (χ1n) is 21.6. The van der Waals surface area contributed by atoms with E-state index in [0.29, 0.717) is 63.4 Å². The molecule has 3 unspecified atom stereocenters. The minimum absolute atomic E-state index is 0.0241. The number of para-hydroxylation sites is 1. The summed E-state index contributed by atoms with van der Waals surface area (Å²) >= 11 is 0. The minimum Gasteiger partial charge on any atom is -0.493 e. The van der Waals surface area contributed by atoms with Gasteiger partial charge in [-0.25, -0.2) is 32.3 Å². The molecule has 0 radical (unpaired) electrons. The highest BCUT2D eigenvalue weighted by Gasteiger charge is 2.55. The van der Waals surface area contributed by atoms with Crippen molar-refractivity contribution < 1.29 is 26.9 Å². The number of nitrogens with one attached hydrogen (secondary N) is 3. The van der Waals surface area contributed by atoms with Crippen LogP contribution in [0.2, 0.25) is 0 Å². The molecule has 1 aliphatic carbocycles. The van der Waals surface area contributed by atoms with E-state index in [9.17, 15) is 8.99 Å². The van der Waals surface area contributed by atoms with Gasteiger partial charge in [0.25, 0.3) is 0 Å². The maximum absolute atomic E-state index is 16.2. The molecule has 15 heteroatoms. The van der Waals surface area contributed by atoms with Crippen LogP contribution in [0.3, 0.4) is 0 Å². The highest BCUT2D eigenvalue weighted by Crippen LogP contribution is 2.54. The SMILES string of the molecule is C[C@@H]1COCCN1c1cc(C2(S(=N)(=O)CCCCCOc3cc(F)c([C@@H]4C5Nc6ccccc6C5C[C@@H](C)N4CC(C)(C)F)c(F)c3)CC2)nc(-c2ccnc3[nH]ccc23)n1. The van der Waals surface area contributed by atoms with Gasteiger partial charge in [-0.1, -0.05) is 18.2 Å². The molecule has 4 aliphatic rings. The number of hydrogen-bond acceptors (Lipinski definition) is 10. The minimum atomic E-state index is -3.13. The lowest BCUT2D eigenvalue weighted by Crippen LogP contribution is -2.54. The van der Waals surface area contributed by atoms with E-state index in [4.69, 9.17) is 19.4 Å². The Labute approximate surface area is 355 Å². The number of halogens is 3. The third kappa shape index (κ3) is 7.97. The predicted octanol–water partition coefficient (Wildman–Crippen LogP) is 9.27. The summed E-state index contributed by atoms with van der Waals surface area (Å²) in [7, 11) is -3.13. The first-order valence-corrected chi connectivity index (χ1v) is 23.3. The fourth-order valence-corrected chi connectivity index (χ4v) is 12.1. The van der Waals surface area contributed by atoms with Crippen molar-refractivity contribution in [2.24, 2.45) is 0 Å². The molecule has 5 aromatic rings. The Morgan fingerprint density at radius 2 is 1.82 bits per heavy atom. The first kappa shape index (κ1) is 41.6. The van der Waals surface area contributed by atoms with Crippen LogP contribution in [-0.2, 0) is 19.2 Å². The van der Waals surface area contributed by atoms with E-state index in [1.54, 1.807) is 6.20 Å². The number of pyridine rings is 1. The van der Waals surface area contributed by atoms with Crippen molar-refractivity contribution in [2.75, 3.05) is 48.9 Å². The standard InChI is InChI=1S/C46H55F3N8O3S/c1-28-22-34-31-10-6-7-11-37(31)53-41(34)42(57(28)27-45(3,4)49)40-35(47)23-30(24-36(40)48)60-19-8-5-9-21-61(50,58)46(14-15-46)38-25-39(56-18-20-59-26-29(56)2)55-44(54-38)33-13-17-52-43-32(33)12-16-51-43/h6-7,10-13,16-17,23-25,28-29,34,41-42,50,53H,5,8-9,14-15,18-22,26-27H2,1-4H3,(H,51,52)/t28-,29-,34?,41?,42-,61?/m1/s1. The average molecular weight is 857 g/mol. The largest absolute Gasteiger partial charge is 0.493 e. The van der Waals surface area contributed by atoms with E-state index < -0.39 is 37.8 Å². The van der Waals surface area contributed by atoms with Gasteiger partial charge in [-0.2, -0.15) is 0 Å².